The Morgan fingerprint density at radius 1 is 1.26 bits per heavy atom. The van der Waals surface area contributed by atoms with Crippen LogP contribution in [0.4, 0.5) is 0 Å². The Labute approximate surface area is 162 Å². The second-order valence-electron chi connectivity index (χ2n) is 8.63. The summed E-state index contributed by atoms with van der Waals surface area (Å²) in [5.74, 6) is 2.15. The van der Waals surface area contributed by atoms with Gasteiger partial charge in [0.05, 0.1) is 12.7 Å². The second kappa shape index (κ2) is 7.80. The Kier molecular flexibility index (Phi) is 5.42. The zero-order chi connectivity index (χ0) is 18.9. The van der Waals surface area contributed by atoms with Crippen LogP contribution in [-0.2, 0) is 16.1 Å². The third-order valence-electron chi connectivity index (χ3n) is 6.61. The number of likely N-dealkylation sites (tertiary alicyclic amines) is 1. The smallest absolute Gasteiger partial charge is 0.249 e. The average molecular weight is 373 g/mol. The van der Waals surface area contributed by atoms with Crippen molar-refractivity contribution in [3.05, 3.63) is 29.8 Å². The number of methoxy groups -OCH3 is 1. The monoisotopic (exact) mass is 372 g/mol. The molecule has 1 amide bonds. The number of hydrogen-bond donors (Lipinski definition) is 1. The Hall–Kier alpha value is -1.59. The molecule has 0 radical (unpaired) electrons. The fraction of sp³-hybridized carbons (Fsp3) is 0.682. The molecule has 3 fully saturated rings. The second-order valence-corrected chi connectivity index (χ2v) is 8.63. The number of hydrogen-bond acceptors (Lipinski definition) is 4. The third kappa shape index (κ3) is 4.30. The third-order valence-corrected chi connectivity index (χ3v) is 6.61. The Morgan fingerprint density at radius 2 is 2.04 bits per heavy atom. The van der Waals surface area contributed by atoms with Crippen LogP contribution in [0, 0.1) is 11.8 Å². The molecule has 1 N–H and O–H groups in total. The van der Waals surface area contributed by atoms with Gasteiger partial charge >= 0.3 is 0 Å². The Balaban J connectivity index is 1.29. The molecule has 1 aromatic rings. The lowest BCUT2D eigenvalue weighted by Gasteiger charge is -2.44. The van der Waals surface area contributed by atoms with Crippen LogP contribution in [0.25, 0.3) is 0 Å². The van der Waals surface area contributed by atoms with Gasteiger partial charge in [-0.2, -0.15) is 0 Å². The Morgan fingerprint density at radius 3 is 2.70 bits per heavy atom. The van der Waals surface area contributed by atoms with Crippen molar-refractivity contribution >= 4 is 5.91 Å². The van der Waals surface area contributed by atoms with E-state index in [-0.39, 0.29) is 17.6 Å². The molecule has 2 saturated heterocycles. The number of nitrogens with zero attached hydrogens (tertiary/aromatic N) is 1. The summed E-state index contributed by atoms with van der Waals surface area (Å²) in [7, 11) is 1.70. The molecule has 148 valence electrons. The van der Waals surface area contributed by atoms with Crippen molar-refractivity contribution in [2.45, 2.75) is 57.3 Å². The molecule has 5 heteroatoms. The van der Waals surface area contributed by atoms with Crippen molar-refractivity contribution in [1.29, 1.82) is 0 Å². The van der Waals surface area contributed by atoms with E-state index in [4.69, 9.17) is 9.47 Å². The van der Waals surface area contributed by atoms with Gasteiger partial charge in [-0.1, -0.05) is 19.1 Å². The summed E-state index contributed by atoms with van der Waals surface area (Å²) in [6.45, 7) is 6.10. The topological polar surface area (TPSA) is 50.8 Å². The summed E-state index contributed by atoms with van der Waals surface area (Å²) >= 11 is 0. The first-order chi connectivity index (χ1) is 13.1. The molecule has 1 aliphatic carbocycles. The lowest BCUT2D eigenvalue weighted by Crippen LogP contribution is -2.51. The number of carbonyl (C=O) groups is 1. The Bertz CT molecular complexity index is 658. The lowest BCUT2D eigenvalue weighted by molar-refractivity contribution is -0.147. The van der Waals surface area contributed by atoms with E-state index < -0.39 is 0 Å². The van der Waals surface area contributed by atoms with Crippen LogP contribution in [0.3, 0.4) is 0 Å². The fourth-order valence-corrected chi connectivity index (χ4v) is 4.56. The number of amides is 1. The quantitative estimate of drug-likeness (QED) is 0.834. The maximum Gasteiger partial charge on any atom is 0.249 e. The molecule has 5 nitrogen and oxygen atoms in total. The molecule has 3 aliphatic rings. The lowest BCUT2D eigenvalue weighted by atomic mass is 9.80. The summed E-state index contributed by atoms with van der Waals surface area (Å²) in [6, 6.07) is 8.32. The zero-order valence-corrected chi connectivity index (χ0v) is 16.6. The van der Waals surface area contributed by atoms with Crippen LogP contribution in [-0.4, -0.2) is 49.3 Å². The van der Waals surface area contributed by atoms with Gasteiger partial charge in [0.1, 0.15) is 11.9 Å². The van der Waals surface area contributed by atoms with E-state index in [2.05, 4.69) is 29.3 Å². The van der Waals surface area contributed by atoms with Crippen LogP contribution >= 0.6 is 0 Å². The van der Waals surface area contributed by atoms with Crippen molar-refractivity contribution in [3.63, 3.8) is 0 Å². The van der Waals surface area contributed by atoms with E-state index in [1.165, 1.54) is 18.4 Å². The predicted octanol–water partition coefficient (Wildman–Crippen LogP) is 2.98. The normalized spacial score (nSPS) is 31.2. The first-order valence-electron chi connectivity index (χ1n) is 10.4. The van der Waals surface area contributed by atoms with Crippen molar-refractivity contribution in [2.75, 3.05) is 26.7 Å². The minimum Gasteiger partial charge on any atom is -0.497 e. The highest BCUT2D eigenvalue weighted by molar-refractivity contribution is 5.81. The molecule has 2 heterocycles. The van der Waals surface area contributed by atoms with E-state index in [1.807, 2.05) is 12.1 Å². The van der Waals surface area contributed by atoms with Gasteiger partial charge in [-0.15, -0.1) is 0 Å². The molecule has 1 aromatic carbocycles. The van der Waals surface area contributed by atoms with E-state index in [0.29, 0.717) is 11.8 Å². The molecule has 3 atom stereocenters. The summed E-state index contributed by atoms with van der Waals surface area (Å²) in [6.07, 6.45) is 5.15. The highest BCUT2D eigenvalue weighted by Gasteiger charge is 2.48. The van der Waals surface area contributed by atoms with Crippen molar-refractivity contribution in [2.24, 2.45) is 11.8 Å². The standard InChI is InChI=1S/C22H32N2O3/c1-16-14-24(15-18-5-7-19(26-2)8-6-18)12-11-22(16)10-9-20(27-22)21(25)23-13-17-3-4-17/h5-8,16-17,20H,3-4,9-15H2,1-2H3,(H,23,25)/t16-,20+,22+/m0/s1. The molecule has 1 saturated carbocycles. The van der Waals surface area contributed by atoms with E-state index in [9.17, 15) is 4.79 Å². The van der Waals surface area contributed by atoms with Crippen molar-refractivity contribution < 1.29 is 14.3 Å². The zero-order valence-electron chi connectivity index (χ0n) is 16.6. The van der Waals surface area contributed by atoms with Crippen molar-refractivity contribution in [3.8, 4) is 5.75 Å². The summed E-state index contributed by atoms with van der Waals surface area (Å²) in [5.41, 5.74) is 1.20. The van der Waals surface area contributed by atoms with Crippen LogP contribution in [0.1, 0.15) is 44.6 Å². The molecule has 0 unspecified atom stereocenters. The highest BCUT2D eigenvalue weighted by atomic mass is 16.5. The van der Waals surface area contributed by atoms with Gasteiger partial charge in [-0.05, 0) is 61.6 Å². The largest absolute Gasteiger partial charge is 0.497 e. The molecule has 2 aliphatic heterocycles. The number of rotatable bonds is 6. The molecule has 1 spiro atoms. The minimum atomic E-state index is -0.251. The van der Waals surface area contributed by atoms with Crippen LogP contribution in [0.5, 0.6) is 5.75 Å². The number of benzene rings is 1. The SMILES string of the molecule is COc1ccc(CN2CC[C@]3(CC[C@H](C(=O)NCC4CC4)O3)[C@@H](C)C2)cc1. The first kappa shape index (κ1) is 18.8. The summed E-state index contributed by atoms with van der Waals surface area (Å²) < 4.78 is 11.6. The van der Waals surface area contributed by atoms with Gasteiger partial charge in [0.15, 0.2) is 0 Å². The summed E-state index contributed by atoms with van der Waals surface area (Å²) in [4.78, 5) is 14.9. The predicted molar refractivity (Wildman–Crippen MR) is 105 cm³/mol. The molecular weight excluding hydrogens is 340 g/mol. The van der Waals surface area contributed by atoms with Gasteiger partial charge in [-0.25, -0.2) is 0 Å². The number of piperidine rings is 1. The van der Waals surface area contributed by atoms with Gasteiger partial charge < -0.3 is 14.8 Å². The fourth-order valence-electron chi connectivity index (χ4n) is 4.56. The van der Waals surface area contributed by atoms with Crippen LogP contribution in [0.2, 0.25) is 0 Å². The van der Waals surface area contributed by atoms with Crippen LogP contribution < -0.4 is 10.1 Å². The highest BCUT2D eigenvalue weighted by Crippen LogP contribution is 2.42. The van der Waals surface area contributed by atoms with Gasteiger partial charge in [0.2, 0.25) is 5.91 Å². The average Bonchev–Trinajstić information content (AvgIpc) is 3.41. The van der Waals surface area contributed by atoms with Gasteiger partial charge in [0.25, 0.3) is 0 Å². The van der Waals surface area contributed by atoms with Gasteiger partial charge in [0, 0.05) is 26.2 Å². The van der Waals surface area contributed by atoms with Crippen molar-refractivity contribution in [1.82, 2.24) is 10.2 Å². The van der Waals surface area contributed by atoms with Crippen LogP contribution in [0.15, 0.2) is 24.3 Å². The molecule has 0 bridgehead atoms. The molecular formula is C22H32N2O3. The van der Waals surface area contributed by atoms with E-state index in [0.717, 1.165) is 51.2 Å². The maximum atomic E-state index is 12.4. The van der Waals surface area contributed by atoms with Gasteiger partial charge in [-0.3, -0.25) is 9.69 Å². The minimum absolute atomic E-state index is 0.103. The number of ether oxygens (including phenoxy) is 2. The molecule has 27 heavy (non-hydrogen) atoms. The first-order valence-corrected chi connectivity index (χ1v) is 10.4. The molecule has 4 rings (SSSR count). The molecule has 0 aromatic heterocycles. The maximum absolute atomic E-state index is 12.4. The van der Waals surface area contributed by atoms with E-state index >= 15 is 0 Å². The van der Waals surface area contributed by atoms with E-state index in [1.54, 1.807) is 7.11 Å². The number of carbonyl (C=O) groups excluding carboxylic acids is 1. The summed E-state index contributed by atoms with van der Waals surface area (Å²) in [5, 5.41) is 3.09. The number of nitrogens with one attached hydrogen (secondary N) is 1.